The van der Waals surface area contributed by atoms with Gasteiger partial charge in [-0.1, -0.05) is 18.6 Å². The zero-order valence-electron chi connectivity index (χ0n) is 11.0. The van der Waals surface area contributed by atoms with Crippen LogP contribution in [0.5, 0.6) is 0 Å². The number of benzene rings is 1. The molecule has 0 amide bonds. The van der Waals surface area contributed by atoms with Crippen LogP contribution in [-0.2, 0) is 10.8 Å². The van der Waals surface area contributed by atoms with Gasteiger partial charge in [-0.25, -0.2) is 0 Å². The van der Waals surface area contributed by atoms with E-state index in [9.17, 15) is 4.21 Å². The molecule has 0 fully saturated rings. The maximum absolute atomic E-state index is 12.1. The maximum Gasteiger partial charge on any atom is 0.0532 e. The first-order chi connectivity index (χ1) is 8.00. The minimum absolute atomic E-state index is 0.254. The molecule has 0 heterocycles. The van der Waals surface area contributed by atoms with Crippen LogP contribution >= 0.6 is 0 Å². The SMILES string of the molecule is Cc1ccc(C)c(S(=O)CCCCC(C)N)c1. The fourth-order valence-electron chi connectivity index (χ4n) is 1.76. The summed E-state index contributed by atoms with van der Waals surface area (Å²) in [6.45, 7) is 6.08. The van der Waals surface area contributed by atoms with Gasteiger partial charge in [-0.2, -0.15) is 0 Å². The molecule has 1 rings (SSSR count). The molecule has 0 aliphatic heterocycles. The smallest absolute Gasteiger partial charge is 0.0532 e. The van der Waals surface area contributed by atoms with Crippen LogP contribution in [0.15, 0.2) is 23.1 Å². The van der Waals surface area contributed by atoms with Crippen LogP contribution in [0.25, 0.3) is 0 Å². The lowest BCUT2D eigenvalue weighted by atomic mass is 10.2. The average molecular weight is 253 g/mol. The lowest BCUT2D eigenvalue weighted by Gasteiger charge is -2.08. The Balaban J connectivity index is 2.49. The standard InChI is InChI=1S/C14H23NOS/c1-11-7-8-12(2)14(10-11)17(16)9-5-4-6-13(3)15/h7-8,10,13H,4-6,9,15H2,1-3H3. The summed E-state index contributed by atoms with van der Waals surface area (Å²) in [6.07, 6.45) is 3.07. The number of nitrogens with two attached hydrogens (primary N) is 1. The largest absolute Gasteiger partial charge is 0.328 e. The minimum Gasteiger partial charge on any atom is -0.328 e. The molecule has 1 aromatic carbocycles. The molecule has 1 aromatic rings. The Bertz CT molecular complexity index is 388. The first-order valence-electron chi connectivity index (χ1n) is 6.22. The summed E-state index contributed by atoms with van der Waals surface area (Å²) in [5.41, 5.74) is 7.99. The molecule has 2 unspecified atom stereocenters. The van der Waals surface area contributed by atoms with Crippen molar-refractivity contribution in [1.82, 2.24) is 0 Å². The van der Waals surface area contributed by atoms with Crippen LogP contribution in [0, 0.1) is 13.8 Å². The molecule has 0 aliphatic rings. The Morgan fingerprint density at radius 3 is 2.65 bits per heavy atom. The Labute approximate surface area is 107 Å². The third-order valence-electron chi connectivity index (χ3n) is 2.83. The molecule has 0 aromatic heterocycles. The molecule has 17 heavy (non-hydrogen) atoms. The van der Waals surface area contributed by atoms with Gasteiger partial charge in [0.05, 0.1) is 10.8 Å². The Morgan fingerprint density at radius 1 is 1.29 bits per heavy atom. The van der Waals surface area contributed by atoms with E-state index < -0.39 is 10.8 Å². The third kappa shape index (κ3) is 5.00. The van der Waals surface area contributed by atoms with Crippen LogP contribution in [-0.4, -0.2) is 16.0 Å². The highest BCUT2D eigenvalue weighted by atomic mass is 32.2. The monoisotopic (exact) mass is 253 g/mol. The Morgan fingerprint density at radius 2 is 2.00 bits per heavy atom. The summed E-state index contributed by atoms with van der Waals surface area (Å²) in [4.78, 5) is 0.991. The lowest BCUT2D eigenvalue weighted by Crippen LogP contribution is -2.14. The summed E-state index contributed by atoms with van der Waals surface area (Å²) in [5, 5.41) is 0. The number of rotatable bonds is 6. The summed E-state index contributed by atoms with van der Waals surface area (Å²) >= 11 is 0. The summed E-state index contributed by atoms with van der Waals surface area (Å²) in [5.74, 6) is 0.747. The van der Waals surface area contributed by atoms with E-state index >= 15 is 0 Å². The Hall–Kier alpha value is -0.670. The summed E-state index contributed by atoms with van der Waals surface area (Å²) in [7, 11) is -0.861. The molecular weight excluding hydrogens is 230 g/mol. The number of hydrogen-bond acceptors (Lipinski definition) is 2. The zero-order chi connectivity index (χ0) is 12.8. The van der Waals surface area contributed by atoms with E-state index in [1.807, 2.05) is 32.9 Å². The molecule has 0 aliphatic carbocycles. The van der Waals surface area contributed by atoms with Gasteiger partial charge in [-0.05, 0) is 50.8 Å². The van der Waals surface area contributed by atoms with E-state index in [2.05, 4.69) is 6.07 Å². The normalized spacial score (nSPS) is 14.6. The lowest BCUT2D eigenvalue weighted by molar-refractivity contribution is 0.613. The van der Waals surface area contributed by atoms with Gasteiger partial charge in [0.2, 0.25) is 0 Å². The first-order valence-corrected chi connectivity index (χ1v) is 7.54. The van der Waals surface area contributed by atoms with Gasteiger partial charge in [0.15, 0.2) is 0 Å². The van der Waals surface area contributed by atoms with E-state index in [0.29, 0.717) is 0 Å². The van der Waals surface area contributed by atoms with Gasteiger partial charge in [0.25, 0.3) is 0 Å². The van der Waals surface area contributed by atoms with Crippen LogP contribution in [0.3, 0.4) is 0 Å². The van der Waals surface area contributed by atoms with Gasteiger partial charge < -0.3 is 5.73 Å². The topological polar surface area (TPSA) is 43.1 Å². The highest BCUT2D eigenvalue weighted by Crippen LogP contribution is 2.16. The molecule has 2 atom stereocenters. The first kappa shape index (κ1) is 14.4. The van der Waals surface area contributed by atoms with Crippen molar-refractivity contribution < 1.29 is 4.21 Å². The molecule has 2 N–H and O–H groups in total. The number of aryl methyl sites for hydroxylation is 2. The van der Waals surface area contributed by atoms with Crippen molar-refractivity contribution >= 4 is 10.8 Å². The molecule has 0 saturated heterocycles. The van der Waals surface area contributed by atoms with Crippen LogP contribution in [0.1, 0.15) is 37.3 Å². The van der Waals surface area contributed by atoms with Gasteiger partial charge in [-0.3, -0.25) is 4.21 Å². The van der Waals surface area contributed by atoms with Crippen LogP contribution in [0.4, 0.5) is 0 Å². The van der Waals surface area contributed by atoms with Crippen LogP contribution < -0.4 is 5.73 Å². The van der Waals surface area contributed by atoms with Crippen molar-refractivity contribution in [1.29, 1.82) is 0 Å². The maximum atomic E-state index is 12.1. The molecule has 0 bridgehead atoms. The molecule has 2 nitrogen and oxygen atoms in total. The van der Waals surface area contributed by atoms with Crippen molar-refractivity contribution in [2.75, 3.05) is 5.75 Å². The van der Waals surface area contributed by atoms with E-state index in [1.54, 1.807) is 0 Å². The second-order valence-corrected chi connectivity index (χ2v) is 6.33. The van der Waals surface area contributed by atoms with E-state index in [4.69, 9.17) is 5.73 Å². The van der Waals surface area contributed by atoms with Crippen molar-refractivity contribution in [3.63, 3.8) is 0 Å². The van der Waals surface area contributed by atoms with E-state index in [0.717, 1.165) is 35.5 Å². The van der Waals surface area contributed by atoms with Gasteiger partial charge >= 0.3 is 0 Å². The van der Waals surface area contributed by atoms with E-state index in [-0.39, 0.29) is 6.04 Å². The fraction of sp³-hybridized carbons (Fsp3) is 0.571. The quantitative estimate of drug-likeness (QED) is 0.792. The molecule has 96 valence electrons. The fourth-order valence-corrected chi connectivity index (χ4v) is 3.19. The summed E-state index contributed by atoms with van der Waals surface area (Å²) in [6, 6.07) is 6.40. The second-order valence-electron chi connectivity index (χ2n) is 4.79. The number of unbranched alkanes of at least 4 members (excludes halogenated alkanes) is 1. The molecule has 0 saturated carbocycles. The van der Waals surface area contributed by atoms with Crippen LogP contribution in [0.2, 0.25) is 0 Å². The van der Waals surface area contributed by atoms with Gasteiger partial charge in [0.1, 0.15) is 0 Å². The van der Waals surface area contributed by atoms with Crippen molar-refractivity contribution in [3.05, 3.63) is 29.3 Å². The molecule has 0 radical (unpaired) electrons. The summed E-state index contributed by atoms with van der Waals surface area (Å²) < 4.78 is 12.1. The minimum atomic E-state index is -0.861. The molecule has 0 spiro atoms. The highest BCUT2D eigenvalue weighted by molar-refractivity contribution is 7.85. The zero-order valence-corrected chi connectivity index (χ0v) is 11.8. The van der Waals surface area contributed by atoms with Gasteiger partial charge in [0, 0.05) is 16.7 Å². The predicted octanol–water partition coefficient (Wildman–Crippen LogP) is 2.93. The second kappa shape index (κ2) is 6.92. The van der Waals surface area contributed by atoms with Crippen molar-refractivity contribution in [2.45, 2.75) is 51.0 Å². The number of hydrogen-bond donors (Lipinski definition) is 1. The highest BCUT2D eigenvalue weighted by Gasteiger charge is 2.07. The van der Waals surface area contributed by atoms with E-state index in [1.165, 1.54) is 5.56 Å². The average Bonchev–Trinajstić information content (AvgIpc) is 2.27. The third-order valence-corrected chi connectivity index (χ3v) is 4.42. The van der Waals surface area contributed by atoms with Gasteiger partial charge in [-0.15, -0.1) is 0 Å². The molecular formula is C14H23NOS. The predicted molar refractivity (Wildman–Crippen MR) is 74.7 cm³/mol. The van der Waals surface area contributed by atoms with Crippen molar-refractivity contribution in [2.24, 2.45) is 5.73 Å². The Kier molecular flexibility index (Phi) is 5.86. The molecule has 3 heteroatoms. The van der Waals surface area contributed by atoms with Crippen molar-refractivity contribution in [3.8, 4) is 0 Å².